The zero-order valence-corrected chi connectivity index (χ0v) is 24.3. The van der Waals surface area contributed by atoms with E-state index in [1.54, 1.807) is 13.0 Å². The summed E-state index contributed by atoms with van der Waals surface area (Å²) < 4.78 is 64.7. The topological polar surface area (TPSA) is 148 Å². The first-order chi connectivity index (χ1) is 18.8. The van der Waals surface area contributed by atoms with Gasteiger partial charge in [-0.3, -0.25) is 9.36 Å². The highest BCUT2D eigenvalue weighted by atomic mass is 79.9. The van der Waals surface area contributed by atoms with Crippen molar-refractivity contribution < 1.29 is 36.7 Å². The predicted molar refractivity (Wildman–Crippen MR) is 146 cm³/mol. The molecular weight excluding hydrogens is 620 g/mol. The maximum Gasteiger partial charge on any atom is 0.421 e. The molecule has 4 N–H and O–H groups in total. The second-order valence-corrected chi connectivity index (χ2v) is 11.1. The van der Waals surface area contributed by atoms with Crippen molar-refractivity contribution in [1.29, 1.82) is 0 Å². The van der Waals surface area contributed by atoms with Crippen LogP contribution in [0.2, 0.25) is 0 Å². The Labute approximate surface area is 236 Å². The molecule has 2 atom stereocenters. The fraction of sp³-hybridized carbons (Fsp3) is 0.333. The van der Waals surface area contributed by atoms with Gasteiger partial charge < -0.3 is 30.1 Å². The number of nitrogens with zero attached hydrogens (tertiary/aromatic N) is 3. The number of anilines is 4. The average Bonchev–Trinajstić information content (AvgIpc) is 2.88. The number of carbonyl (C=O) groups is 1. The molecule has 2 aromatic heterocycles. The first-order valence-corrected chi connectivity index (χ1v) is 14.4. The Hall–Kier alpha value is -3.26. The van der Waals surface area contributed by atoms with Gasteiger partial charge in [-0.1, -0.05) is 13.0 Å². The normalized spacial score (nSPS) is 13.7. The number of nitrogens with one attached hydrogen (secondary N) is 3. The molecular formula is C24H27BrF3N6O5P. The molecule has 1 aromatic carbocycles. The van der Waals surface area contributed by atoms with E-state index in [0.717, 1.165) is 0 Å². The highest BCUT2D eigenvalue weighted by Crippen LogP contribution is 2.48. The van der Waals surface area contributed by atoms with Gasteiger partial charge >= 0.3 is 13.8 Å². The van der Waals surface area contributed by atoms with Crippen LogP contribution in [-0.2, 0) is 21.4 Å². The predicted octanol–water partition coefficient (Wildman–Crippen LogP) is 6.01. The quantitative estimate of drug-likeness (QED) is 0.144. The van der Waals surface area contributed by atoms with E-state index in [4.69, 9.17) is 9.26 Å². The van der Waals surface area contributed by atoms with Crippen LogP contribution in [0.1, 0.15) is 41.9 Å². The average molecular weight is 647 g/mol. The molecule has 0 aliphatic carbocycles. The van der Waals surface area contributed by atoms with Crippen molar-refractivity contribution in [2.45, 2.75) is 38.7 Å². The number of ether oxygens (including phenoxy) is 1. The van der Waals surface area contributed by atoms with Crippen molar-refractivity contribution in [2.24, 2.45) is 0 Å². The van der Waals surface area contributed by atoms with E-state index in [1.807, 2.05) is 6.92 Å². The largest absolute Gasteiger partial charge is 0.495 e. The van der Waals surface area contributed by atoms with Gasteiger partial charge in [0.15, 0.2) is 5.69 Å². The van der Waals surface area contributed by atoms with Crippen LogP contribution in [0.3, 0.4) is 0 Å². The van der Waals surface area contributed by atoms with E-state index < -0.39 is 37.2 Å². The zero-order chi connectivity index (χ0) is 29.7. The molecule has 16 heteroatoms. The molecule has 0 radical (unpaired) electrons. The van der Waals surface area contributed by atoms with E-state index in [9.17, 15) is 27.4 Å². The molecule has 0 saturated heterocycles. The van der Waals surface area contributed by atoms with E-state index in [-0.39, 0.29) is 34.9 Å². The van der Waals surface area contributed by atoms with Crippen LogP contribution in [0, 0.1) is 0 Å². The molecule has 11 nitrogen and oxygen atoms in total. The SMILES string of the molecule is CCC(C)OP(=O)(O)Cc1ccc(Nc2ncc(C(F)(F)F)c(Nc3ccc(Br)nc3C(=O)NC)n2)c(OC)c1. The minimum absolute atomic E-state index is 0.0207. The van der Waals surface area contributed by atoms with E-state index in [2.05, 4.69) is 46.8 Å². The van der Waals surface area contributed by atoms with Gasteiger partial charge in [-0.15, -0.1) is 0 Å². The number of methoxy groups -OCH3 is 1. The first-order valence-electron chi connectivity index (χ1n) is 11.8. The molecule has 216 valence electrons. The van der Waals surface area contributed by atoms with Gasteiger partial charge in [-0.2, -0.15) is 18.2 Å². The number of halogens is 4. The lowest BCUT2D eigenvalue weighted by molar-refractivity contribution is -0.137. The Bertz CT molecular complexity index is 1430. The lowest BCUT2D eigenvalue weighted by atomic mass is 10.2. The smallest absolute Gasteiger partial charge is 0.421 e. The van der Waals surface area contributed by atoms with Crippen molar-refractivity contribution in [3.63, 3.8) is 0 Å². The van der Waals surface area contributed by atoms with Crippen LogP contribution < -0.4 is 20.7 Å². The van der Waals surface area contributed by atoms with Gasteiger partial charge in [0.2, 0.25) is 5.95 Å². The van der Waals surface area contributed by atoms with Crippen molar-refractivity contribution in [2.75, 3.05) is 24.8 Å². The maximum absolute atomic E-state index is 13.8. The van der Waals surface area contributed by atoms with Crippen LogP contribution >= 0.6 is 23.5 Å². The number of benzene rings is 1. The number of rotatable bonds is 11. The number of alkyl halides is 3. The summed E-state index contributed by atoms with van der Waals surface area (Å²) in [6, 6.07) is 7.38. The highest BCUT2D eigenvalue weighted by Gasteiger charge is 2.36. The van der Waals surface area contributed by atoms with Gasteiger partial charge in [-0.25, -0.2) is 9.97 Å². The van der Waals surface area contributed by atoms with Crippen molar-refractivity contribution >= 4 is 52.6 Å². The molecule has 0 bridgehead atoms. The van der Waals surface area contributed by atoms with Gasteiger partial charge in [0.1, 0.15) is 21.7 Å². The fourth-order valence-corrected chi connectivity index (χ4v) is 5.14. The Balaban J connectivity index is 1.94. The summed E-state index contributed by atoms with van der Waals surface area (Å²) in [5.41, 5.74) is -0.631. The number of hydrogen-bond acceptors (Lipinski definition) is 9. The second kappa shape index (κ2) is 12.9. The van der Waals surface area contributed by atoms with Crippen LogP contribution in [0.25, 0.3) is 0 Å². The molecule has 0 spiro atoms. The standard InChI is InChI=1S/C24H27BrF3N6O5P/c1-5-13(2)39-40(36,37)12-14-6-7-16(18(10-14)38-4)32-23-30-11-15(24(26,27)28)21(34-23)31-17-8-9-19(25)33-20(17)22(35)29-3/h6-11,13H,5,12H2,1-4H3,(H,29,35)(H,36,37)(H2,30,31,32,34). The number of aromatic nitrogens is 3. The summed E-state index contributed by atoms with van der Waals surface area (Å²) >= 11 is 3.14. The molecule has 0 saturated carbocycles. The number of amides is 1. The summed E-state index contributed by atoms with van der Waals surface area (Å²) in [6.07, 6.45) is -4.33. The third kappa shape index (κ3) is 8.13. The third-order valence-electron chi connectivity index (χ3n) is 5.46. The molecule has 3 rings (SSSR count). The lowest BCUT2D eigenvalue weighted by Gasteiger charge is -2.18. The van der Waals surface area contributed by atoms with Crippen molar-refractivity contribution in [3.05, 3.63) is 58.0 Å². The number of hydrogen-bond donors (Lipinski definition) is 4. The van der Waals surface area contributed by atoms with Gasteiger partial charge in [0.05, 0.1) is 30.8 Å². The Kier molecular flexibility index (Phi) is 10.1. The number of pyridine rings is 1. The van der Waals surface area contributed by atoms with Gasteiger partial charge in [0.25, 0.3) is 5.91 Å². The minimum atomic E-state index is -4.81. The molecule has 40 heavy (non-hydrogen) atoms. The fourth-order valence-electron chi connectivity index (χ4n) is 3.38. The van der Waals surface area contributed by atoms with Crippen LogP contribution in [-0.4, -0.2) is 46.0 Å². The summed E-state index contributed by atoms with van der Waals surface area (Å²) in [4.78, 5) is 34.3. The maximum atomic E-state index is 13.8. The Morgan fingerprint density at radius 1 is 1.18 bits per heavy atom. The lowest BCUT2D eigenvalue weighted by Crippen LogP contribution is -2.21. The number of carbonyl (C=O) groups excluding carboxylic acids is 1. The molecule has 2 unspecified atom stereocenters. The third-order valence-corrected chi connectivity index (χ3v) is 7.36. The molecule has 1 amide bonds. The molecule has 0 aliphatic rings. The second-order valence-electron chi connectivity index (χ2n) is 8.47. The minimum Gasteiger partial charge on any atom is -0.495 e. The van der Waals surface area contributed by atoms with Crippen molar-refractivity contribution in [1.82, 2.24) is 20.3 Å². The molecule has 0 aliphatic heterocycles. The summed E-state index contributed by atoms with van der Waals surface area (Å²) in [6.45, 7) is 3.52. The van der Waals surface area contributed by atoms with Gasteiger partial charge in [-0.05, 0) is 59.1 Å². The van der Waals surface area contributed by atoms with Crippen molar-refractivity contribution in [3.8, 4) is 5.75 Å². The summed E-state index contributed by atoms with van der Waals surface area (Å²) in [7, 11) is -1.21. The van der Waals surface area contributed by atoms with Gasteiger partial charge in [0, 0.05) is 13.2 Å². The van der Waals surface area contributed by atoms with E-state index in [0.29, 0.717) is 22.8 Å². The summed E-state index contributed by atoms with van der Waals surface area (Å²) in [5.74, 6) is -1.26. The highest BCUT2D eigenvalue weighted by molar-refractivity contribution is 9.10. The zero-order valence-electron chi connectivity index (χ0n) is 21.8. The Morgan fingerprint density at radius 3 is 2.50 bits per heavy atom. The Morgan fingerprint density at radius 2 is 1.88 bits per heavy atom. The first kappa shape index (κ1) is 31.3. The summed E-state index contributed by atoms with van der Waals surface area (Å²) in [5, 5.41) is 7.72. The van der Waals surface area contributed by atoms with E-state index in [1.165, 1.54) is 38.4 Å². The monoisotopic (exact) mass is 646 g/mol. The van der Waals surface area contributed by atoms with Crippen LogP contribution in [0.5, 0.6) is 5.75 Å². The van der Waals surface area contributed by atoms with E-state index >= 15 is 0 Å². The van der Waals surface area contributed by atoms with Crippen LogP contribution in [0.15, 0.2) is 41.1 Å². The molecule has 2 heterocycles. The van der Waals surface area contributed by atoms with Crippen LogP contribution in [0.4, 0.5) is 36.3 Å². The molecule has 0 fully saturated rings. The molecule has 3 aromatic rings.